The lowest BCUT2D eigenvalue weighted by molar-refractivity contribution is 0.102. The lowest BCUT2D eigenvalue weighted by Crippen LogP contribution is -2.13. The fourth-order valence-electron chi connectivity index (χ4n) is 2.99. The molecule has 0 fully saturated rings. The SMILES string of the molecule is Cc1ccc2nc(C)cc(C(=O)Nc3sc(Oc4cccc(F)c4)nc3C)c2c1. The van der Waals surface area contributed by atoms with Gasteiger partial charge in [-0.05, 0) is 51.1 Å². The number of rotatable bonds is 4. The van der Waals surface area contributed by atoms with Crippen molar-refractivity contribution in [1.29, 1.82) is 0 Å². The number of hydrogen-bond donors (Lipinski definition) is 1. The Morgan fingerprint density at radius 1 is 1.07 bits per heavy atom. The number of pyridine rings is 1. The number of benzene rings is 2. The molecule has 0 bridgehead atoms. The zero-order valence-corrected chi connectivity index (χ0v) is 16.9. The molecule has 2 aromatic heterocycles. The number of ether oxygens (including phenoxy) is 1. The van der Waals surface area contributed by atoms with Crippen LogP contribution >= 0.6 is 11.3 Å². The van der Waals surface area contributed by atoms with Crippen molar-refractivity contribution in [2.75, 3.05) is 5.32 Å². The Morgan fingerprint density at radius 2 is 1.90 bits per heavy atom. The van der Waals surface area contributed by atoms with Crippen molar-refractivity contribution in [3.8, 4) is 10.9 Å². The average Bonchev–Trinajstić information content (AvgIpc) is 3.00. The number of nitrogens with zero attached hydrogens (tertiary/aromatic N) is 2. The molecule has 2 heterocycles. The van der Waals surface area contributed by atoms with E-state index in [0.717, 1.165) is 22.2 Å². The predicted octanol–water partition coefficient (Wildman–Crippen LogP) is 5.80. The first kappa shape index (κ1) is 19.0. The van der Waals surface area contributed by atoms with Gasteiger partial charge >= 0.3 is 0 Å². The molecule has 0 unspecified atom stereocenters. The summed E-state index contributed by atoms with van der Waals surface area (Å²) in [5.41, 5.74) is 3.77. The van der Waals surface area contributed by atoms with Crippen LogP contribution in [-0.4, -0.2) is 15.9 Å². The minimum absolute atomic E-state index is 0.241. The number of amides is 1. The summed E-state index contributed by atoms with van der Waals surface area (Å²) in [6.07, 6.45) is 0. The van der Waals surface area contributed by atoms with Crippen LogP contribution in [0.5, 0.6) is 10.9 Å². The molecular formula is C22H18FN3O2S. The number of aryl methyl sites for hydroxylation is 3. The van der Waals surface area contributed by atoms with Gasteiger partial charge in [-0.3, -0.25) is 9.78 Å². The molecule has 0 aliphatic carbocycles. The molecule has 5 nitrogen and oxygen atoms in total. The third kappa shape index (κ3) is 4.09. The van der Waals surface area contributed by atoms with Gasteiger partial charge in [-0.1, -0.05) is 29.0 Å². The lowest BCUT2D eigenvalue weighted by atomic mass is 10.0. The number of nitrogens with one attached hydrogen (secondary N) is 1. The van der Waals surface area contributed by atoms with Crippen LogP contribution in [-0.2, 0) is 0 Å². The van der Waals surface area contributed by atoms with Crippen molar-refractivity contribution in [3.63, 3.8) is 0 Å². The van der Waals surface area contributed by atoms with Crippen LogP contribution in [0.4, 0.5) is 9.39 Å². The molecule has 0 aliphatic rings. The second-order valence-corrected chi connectivity index (χ2v) is 7.70. The van der Waals surface area contributed by atoms with E-state index in [1.54, 1.807) is 25.1 Å². The topological polar surface area (TPSA) is 64.1 Å². The standard InChI is InChI=1S/C22H18FN3O2S/c1-12-7-8-19-17(9-12)18(10-13(2)24-19)20(27)26-21-14(3)25-22(29-21)28-16-6-4-5-15(23)11-16/h4-11H,1-3H3,(H,26,27). The molecule has 29 heavy (non-hydrogen) atoms. The fourth-order valence-corrected chi connectivity index (χ4v) is 3.83. The quantitative estimate of drug-likeness (QED) is 0.464. The van der Waals surface area contributed by atoms with Gasteiger partial charge in [-0.2, -0.15) is 0 Å². The van der Waals surface area contributed by atoms with Gasteiger partial charge < -0.3 is 10.1 Å². The predicted molar refractivity (Wildman–Crippen MR) is 112 cm³/mol. The van der Waals surface area contributed by atoms with E-state index in [-0.39, 0.29) is 11.7 Å². The molecule has 146 valence electrons. The van der Waals surface area contributed by atoms with Crippen LogP contribution in [0.2, 0.25) is 0 Å². The molecule has 0 radical (unpaired) electrons. The highest BCUT2D eigenvalue weighted by Crippen LogP contribution is 2.33. The van der Waals surface area contributed by atoms with E-state index < -0.39 is 0 Å². The molecule has 2 aromatic carbocycles. The van der Waals surface area contributed by atoms with Crippen LogP contribution in [0.25, 0.3) is 10.9 Å². The largest absolute Gasteiger partial charge is 0.431 e. The maximum atomic E-state index is 13.3. The van der Waals surface area contributed by atoms with E-state index in [1.165, 1.54) is 23.5 Å². The summed E-state index contributed by atoms with van der Waals surface area (Å²) in [5, 5.41) is 4.62. The lowest BCUT2D eigenvalue weighted by Gasteiger charge is -2.09. The third-order valence-electron chi connectivity index (χ3n) is 4.34. The molecular weight excluding hydrogens is 389 g/mol. The van der Waals surface area contributed by atoms with Crippen molar-refractivity contribution in [1.82, 2.24) is 9.97 Å². The molecule has 4 aromatic rings. The van der Waals surface area contributed by atoms with Gasteiger partial charge in [0.15, 0.2) is 0 Å². The highest BCUT2D eigenvalue weighted by Gasteiger charge is 2.17. The smallest absolute Gasteiger partial charge is 0.280 e. The Labute approximate surface area is 171 Å². The molecule has 0 aliphatic heterocycles. The molecule has 4 rings (SSSR count). The number of hydrogen-bond acceptors (Lipinski definition) is 5. The van der Waals surface area contributed by atoms with E-state index in [1.807, 2.05) is 32.0 Å². The van der Waals surface area contributed by atoms with Crippen LogP contribution in [0, 0.1) is 26.6 Å². The van der Waals surface area contributed by atoms with Gasteiger partial charge in [-0.15, -0.1) is 0 Å². The zero-order chi connectivity index (χ0) is 20.5. The summed E-state index contributed by atoms with van der Waals surface area (Å²) in [6, 6.07) is 13.4. The first-order valence-corrected chi connectivity index (χ1v) is 9.81. The zero-order valence-electron chi connectivity index (χ0n) is 16.1. The summed E-state index contributed by atoms with van der Waals surface area (Å²) in [5.74, 6) is -0.280. The Balaban J connectivity index is 1.62. The minimum Gasteiger partial charge on any atom is -0.431 e. The van der Waals surface area contributed by atoms with E-state index in [4.69, 9.17) is 4.74 Å². The summed E-state index contributed by atoms with van der Waals surface area (Å²) >= 11 is 1.19. The highest BCUT2D eigenvalue weighted by atomic mass is 32.1. The van der Waals surface area contributed by atoms with Gasteiger partial charge in [-0.25, -0.2) is 9.37 Å². The van der Waals surface area contributed by atoms with Gasteiger partial charge in [0.05, 0.1) is 16.8 Å². The average molecular weight is 407 g/mol. The third-order valence-corrected chi connectivity index (χ3v) is 5.29. The maximum absolute atomic E-state index is 13.3. The number of thiazole rings is 1. The number of aromatic nitrogens is 2. The van der Waals surface area contributed by atoms with Gasteiger partial charge in [0.1, 0.15) is 16.6 Å². The Kier molecular flexibility index (Phi) is 4.98. The Bertz CT molecular complexity index is 1240. The van der Waals surface area contributed by atoms with Crippen LogP contribution in [0.15, 0.2) is 48.5 Å². The normalized spacial score (nSPS) is 10.9. The molecule has 0 saturated heterocycles. The molecule has 1 amide bonds. The van der Waals surface area contributed by atoms with E-state index in [9.17, 15) is 9.18 Å². The molecule has 0 atom stereocenters. The fraction of sp³-hybridized carbons (Fsp3) is 0.136. The molecule has 7 heteroatoms. The van der Waals surface area contributed by atoms with Crippen molar-refractivity contribution < 1.29 is 13.9 Å². The van der Waals surface area contributed by atoms with Crippen LogP contribution in [0.1, 0.15) is 27.3 Å². The maximum Gasteiger partial charge on any atom is 0.280 e. The van der Waals surface area contributed by atoms with E-state index in [0.29, 0.717) is 27.2 Å². The number of carbonyl (C=O) groups excluding carboxylic acids is 1. The summed E-state index contributed by atoms with van der Waals surface area (Å²) in [7, 11) is 0. The molecule has 1 N–H and O–H groups in total. The van der Waals surface area contributed by atoms with Crippen LogP contribution < -0.4 is 10.1 Å². The number of fused-ring (bicyclic) bond motifs is 1. The van der Waals surface area contributed by atoms with Crippen molar-refractivity contribution in [2.45, 2.75) is 20.8 Å². The summed E-state index contributed by atoms with van der Waals surface area (Å²) < 4.78 is 19.0. The summed E-state index contributed by atoms with van der Waals surface area (Å²) in [6.45, 7) is 5.62. The van der Waals surface area contributed by atoms with E-state index in [2.05, 4.69) is 15.3 Å². The second kappa shape index (κ2) is 7.60. The van der Waals surface area contributed by atoms with Crippen LogP contribution in [0.3, 0.4) is 0 Å². The van der Waals surface area contributed by atoms with Gasteiger partial charge in [0.2, 0.25) is 0 Å². The van der Waals surface area contributed by atoms with Crippen molar-refractivity contribution in [3.05, 3.63) is 76.9 Å². The number of carbonyl (C=O) groups is 1. The van der Waals surface area contributed by atoms with Gasteiger partial charge in [0.25, 0.3) is 11.1 Å². The van der Waals surface area contributed by atoms with E-state index >= 15 is 0 Å². The Morgan fingerprint density at radius 3 is 2.69 bits per heavy atom. The summed E-state index contributed by atoms with van der Waals surface area (Å²) in [4.78, 5) is 21.8. The molecule has 0 spiro atoms. The number of anilines is 1. The monoisotopic (exact) mass is 407 g/mol. The van der Waals surface area contributed by atoms with Crippen molar-refractivity contribution in [2.24, 2.45) is 0 Å². The molecule has 0 saturated carbocycles. The number of halogens is 1. The Hall–Kier alpha value is -3.32. The van der Waals surface area contributed by atoms with Gasteiger partial charge in [0, 0.05) is 17.1 Å². The second-order valence-electron chi connectivity index (χ2n) is 6.74. The first-order valence-electron chi connectivity index (χ1n) is 8.99. The highest BCUT2D eigenvalue weighted by molar-refractivity contribution is 7.17. The first-order chi connectivity index (χ1) is 13.9. The minimum atomic E-state index is -0.389. The van der Waals surface area contributed by atoms with Crippen molar-refractivity contribution >= 4 is 33.1 Å².